The highest BCUT2D eigenvalue weighted by Gasteiger charge is 2.25. The second-order valence-corrected chi connectivity index (χ2v) is 4.10. The summed E-state index contributed by atoms with van der Waals surface area (Å²) in [6, 6.07) is 5.77. The Bertz CT molecular complexity index is 397. The van der Waals surface area contributed by atoms with E-state index in [4.69, 9.17) is 0 Å². The molecule has 1 aromatic rings. The Kier molecular flexibility index (Phi) is 2.64. The Morgan fingerprint density at radius 3 is 3.00 bits per heavy atom. The van der Waals surface area contributed by atoms with Gasteiger partial charge < -0.3 is 5.11 Å². The van der Waals surface area contributed by atoms with E-state index in [0.29, 0.717) is 0 Å². The smallest absolute Gasteiger partial charge is 0.0844 e. The van der Waals surface area contributed by atoms with E-state index in [1.807, 2.05) is 31.2 Å². The first-order valence-corrected chi connectivity index (χ1v) is 5.00. The molecular weight excluding hydrogens is 188 g/mol. The normalized spacial score (nSPS) is 25.1. The maximum Gasteiger partial charge on any atom is 0.0844 e. The van der Waals surface area contributed by atoms with Crippen LogP contribution in [0, 0.1) is 5.41 Å². The van der Waals surface area contributed by atoms with E-state index >= 15 is 0 Å². The third kappa shape index (κ3) is 2.13. The molecule has 1 aromatic heterocycles. The van der Waals surface area contributed by atoms with Gasteiger partial charge in [0, 0.05) is 24.2 Å². The number of aliphatic hydroxyl groups excluding tert-OH is 1. The highest BCUT2D eigenvalue weighted by atomic mass is 16.3. The molecule has 0 radical (unpaired) electrons. The van der Waals surface area contributed by atoms with Crippen LogP contribution in [0.3, 0.4) is 0 Å². The molecule has 1 aliphatic heterocycles. The standard InChI is InChI=1S/C12H14N2O/c1-12(9-15)5-7-14-11(8-12)10-4-2-3-6-13-10/h2-7,15H,8-9H2,1H3. The van der Waals surface area contributed by atoms with Crippen LogP contribution in [0.2, 0.25) is 0 Å². The lowest BCUT2D eigenvalue weighted by Crippen LogP contribution is -2.25. The third-order valence-electron chi connectivity index (χ3n) is 2.60. The Hall–Kier alpha value is -1.48. The fourth-order valence-electron chi connectivity index (χ4n) is 1.59. The van der Waals surface area contributed by atoms with E-state index < -0.39 is 0 Å². The molecule has 0 aromatic carbocycles. The fourth-order valence-corrected chi connectivity index (χ4v) is 1.59. The van der Waals surface area contributed by atoms with Crippen molar-refractivity contribution in [3.05, 3.63) is 42.4 Å². The minimum atomic E-state index is -0.200. The molecule has 1 unspecified atom stereocenters. The molecule has 2 rings (SSSR count). The molecule has 0 saturated heterocycles. The van der Waals surface area contributed by atoms with Crippen LogP contribution >= 0.6 is 0 Å². The molecule has 1 atom stereocenters. The average Bonchev–Trinajstić information content (AvgIpc) is 2.30. The second-order valence-electron chi connectivity index (χ2n) is 4.10. The molecule has 0 amide bonds. The summed E-state index contributed by atoms with van der Waals surface area (Å²) in [5.74, 6) is 0. The summed E-state index contributed by atoms with van der Waals surface area (Å²) in [5.41, 5.74) is 1.63. The van der Waals surface area contributed by atoms with Crippen molar-refractivity contribution in [1.82, 2.24) is 4.98 Å². The van der Waals surface area contributed by atoms with Crippen LogP contribution in [0.15, 0.2) is 41.7 Å². The highest BCUT2D eigenvalue weighted by molar-refractivity contribution is 6.00. The largest absolute Gasteiger partial charge is 0.395 e. The van der Waals surface area contributed by atoms with Gasteiger partial charge in [-0.25, -0.2) is 0 Å². The van der Waals surface area contributed by atoms with Crippen molar-refractivity contribution in [3.63, 3.8) is 0 Å². The Morgan fingerprint density at radius 1 is 1.47 bits per heavy atom. The Morgan fingerprint density at radius 2 is 2.33 bits per heavy atom. The van der Waals surface area contributed by atoms with Crippen LogP contribution in [-0.2, 0) is 0 Å². The van der Waals surface area contributed by atoms with Crippen molar-refractivity contribution in [2.45, 2.75) is 13.3 Å². The van der Waals surface area contributed by atoms with Crippen molar-refractivity contribution in [2.24, 2.45) is 10.4 Å². The lowest BCUT2D eigenvalue weighted by Gasteiger charge is -2.26. The molecule has 3 nitrogen and oxygen atoms in total. The van der Waals surface area contributed by atoms with Crippen LogP contribution in [0.1, 0.15) is 19.0 Å². The topological polar surface area (TPSA) is 45.5 Å². The van der Waals surface area contributed by atoms with E-state index in [2.05, 4.69) is 9.98 Å². The van der Waals surface area contributed by atoms with Gasteiger partial charge in [0.2, 0.25) is 0 Å². The predicted molar refractivity (Wildman–Crippen MR) is 59.7 cm³/mol. The number of rotatable bonds is 2. The van der Waals surface area contributed by atoms with Crippen LogP contribution in [0.5, 0.6) is 0 Å². The molecule has 3 heteroatoms. The molecule has 1 N–H and O–H groups in total. The lowest BCUT2D eigenvalue weighted by molar-refractivity contribution is 0.189. The van der Waals surface area contributed by atoms with E-state index in [1.165, 1.54) is 0 Å². The summed E-state index contributed by atoms with van der Waals surface area (Å²) in [7, 11) is 0. The van der Waals surface area contributed by atoms with Crippen molar-refractivity contribution in [3.8, 4) is 0 Å². The zero-order valence-corrected chi connectivity index (χ0v) is 8.72. The van der Waals surface area contributed by atoms with Gasteiger partial charge in [0.25, 0.3) is 0 Å². The van der Waals surface area contributed by atoms with E-state index in [1.54, 1.807) is 12.4 Å². The summed E-state index contributed by atoms with van der Waals surface area (Å²) < 4.78 is 0. The van der Waals surface area contributed by atoms with Crippen molar-refractivity contribution >= 4 is 5.71 Å². The van der Waals surface area contributed by atoms with Gasteiger partial charge in [-0.05, 0) is 12.1 Å². The van der Waals surface area contributed by atoms with E-state index in [-0.39, 0.29) is 12.0 Å². The van der Waals surface area contributed by atoms with Crippen molar-refractivity contribution in [2.75, 3.05) is 6.61 Å². The number of hydrogen-bond acceptors (Lipinski definition) is 3. The summed E-state index contributed by atoms with van der Waals surface area (Å²) in [5, 5.41) is 9.29. The number of pyridine rings is 1. The molecule has 78 valence electrons. The molecule has 2 heterocycles. The van der Waals surface area contributed by atoms with Crippen LogP contribution in [0.25, 0.3) is 0 Å². The third-order valence-corrected chi connectivity index (χ3v) is 2.60. The predicted octanol–water partition coefficient (Wildman–Crippen LogP) is 1.79. The maximum absolute atomic E-state index is 9.29. The van der Waals surface area contributed by atoms with Crippen molar-refractivity contribution < 1.29 is 5.11 Å². The molecule has 0 aliphatic carbocycles. The number of nitrogens with zero attached hydrogens (tertiary/aromatic N) is 2. The summed E-state index contributed by atoms with van der Waals surface area (Å²) in [6.45, 7) is 2.15. The highest BCUT2D eigenvalue weighted by Crippen LogP contribution is 2.27. The van der Waals surface area contributed by atoms with E-state index in [9.17, 15) is 5.11 Å². The molecular formula is C12H14N2O. The molecule has 0 spiro atoms. The summed E-state index contributed by atoms with van der Waals surface area (Å²) in [4.78, 5) is 8.56. The average molecular weight is 202 g/mol. The minimum Gasteiger partial charge on any atom is -0.395 e. The second kappa shape index (κ2) is 3.95. The minimum absolute atomic E-state index is 0.134. The lowest BCUT2D eigenvalue weighted by atomic mass is 9.83. The van der Waals surface area contributed by atoms with Gasteiger partial charge in [-0.15, -0.1) is 0 Å². The number of aliphatic imine (C=N–C) groups is 1. The van der Waals surface area contributed by atoms with E-state index in [0.717, 1.165) is 17.8 Å². The number of aromatic nitrogens is 1. The molecule has 1 aliphatic rings. The summed E-state index contributed by atoms with van der Waals surface area (Å²) >= 11 is 0. The quantitative estimate of drug-likeness (QED) is 0.794. The first-order chi connectivity index (χ1) is 7.23. The monoisotopic (exact) mass is 202 g/mol. The van der Waals surface area contributed by atoms with Gasteiger partial charge in [0.1, 0.15) is 0 Å². The van der Waals surface area contributed by atoms with Crippen LogP contribution in [-0.4, -0.2) is 22.4 Å². The van der Waals surface area contributed by atoms with Gasteiger partial charge in [-0.1, -0.05) is 19.1 Å². The van der Waals surface area contributed by atoms with Gasteiger partial charge in [0.15, 0.2) is 0 Å². The first-order valence-electron chi connectivity index (χ1n) is 5.00. The van der Waals surface area contributed by atoms with Gasteiger partial charge in [0.05, 0.1) is 18.0 Å². The van der Waals surface area contributed by atoms with Crippen LogP contribution in [0.4, 0.5) is 0 Å². The van der Waals surface area contributed by atoms with Crippen LogP contribution < -0.4 is 0 Å². The zero-order chi connectivity index (χ0) is 10.7. The van der Waals surface area contributed by atoms with Gasteiger partial charge in [-0.2, -0.15) is 0 Å². The Balaban J connectivity index is 2.26. The fraction of sp³-hybridized carbons (Fsp3) is 0.333. The molecule has 0 bridgehead atoms. The van der Waals surface area contributed by atoms with Gasteiger partial charge >= 0.3 is 0 Å². The first kappa shape index (κ1) is 10.1. The zero-order valence-electron chi connectivity index (χ0n) is 8.72. The maximum atomic E-state index is 9.29. The SMILES string of the molecule is CC1(CO)C=CN=C(c2ccccn2)C1. The number of hydrogen-bond donors (Lipinski definition) is 1. The number of aliphatic hydroxyl groups is 1. The van der Waals surface area contributed by atoms with Crippen molar-refractivity contribution in [1.29, 1.82) is 0 Å². The molecule has 0 fully saturated rings. The summed E-state index contributed by atoms with van der Waals surface area (Å²) in [6.07, 6.45) is 6.19. The van der Waals surface area contributed by atoms with Gasteiger partial charge in [-0.3, -0.25) is 9.98 Å². The molecule has 15 heavy (non-hydrogen) atoms. The Labute approximate surface area is 89.2 Å². The molecule has 0 saturated carbocycles.